The molecule has 2 nitrogen and oxygen atoms in total. The summed E-state index contributed by atoms with van der Waals surface area (Å²) in [4.78, 5) is 2.78. The Kier molecular flexibility index (Phi) is 6.35. The van der Waals surface area contributed by atoms with Crippen molar-refractivity contribution in [2.75, 3.05) is 33.2 Å². The average molecular weight is 280 g/mol. The highest BCUT2D eigenvalue weighted by molar-refractivity contribution is 4.88. The van der Waals surface area contributed by atoms with Crippen molar-refractivity contribution in [3.63, 3.8) is 0 Å². The second-order valence-electron chi connectivity index (χ2n) is 7.80. The van der Waals surface area contributed by atoms with Crippen molar-refractivity contribution in [1.29, 1.82) is 0 Å². The van der Waals surface area contributed by atoms with Gasteiger partial charge in [-0.15, -0.1) is 0 Å². The Labute approximate surface area is 126 Å². The quantitative estimate of drug-likeness (QED) is 0.768. The van der Waals surface area contributed by atoms with Crippen LogP contribution >= 0.6 is 0 Å². The number of likely N-dealkylation sites (tertiary alicyclic amines) is 1. The van der Waals surface area contributed by atoms with E-state index in [0.29, 0.717) is 5.41 Å². The summed E-state index contributed by atoms with van der Waals surface area (Å²) in [5.41, 5.74) is 0.565. The predicted molar refractivity (Wildman–Crippen MR) is 88.1 cm³/mol. The molecule has 2 aliphatic rings. The molecule has 1 saturated carbocycles. The number of hydrogen-bond donors (Lipinski definition) is 1. The van der Waals surface area contributed by atoms with Crippen LogP contribution in [0.2, 0.25) is 0 Å². The van der Waals surface area contributed by atoms with Gasteiger partial charge in [-0.3, -0.25) is 0 Å². The van der Waals surface area contributed by atoms with Gasteiger partial charge in [-0.2, -0.15) is 0 Å². The predicted octanol–water partition coefficient (Wildman–Crippen LogP) is 3.91. The highest BCUT2D eigenvalue weighted by atomic mass is 15.1. The third-order valence-corrected chi connectivity index (χ3v) is 5.85. The lowest BCUT2D eigenvalue weighted by molar-refractivity contribution is 0.0868. The highest BCUT2D eigenvalue weighted by Crippen LogP contribution is 2.36. The van der Waals surface area contributed by atoms with Crippen molar-refractivity contribution in [2.24, 2.45) is 17.3 Å². The topological polar surface area (TPSA) is 15.3 Å². The monoisotopic (exact) mass is 280 g/mol. The van der Waals surface area contributed by atoms with E-state index in [1.54, 1.807) is 0 Å². The van der Waals surface area contributed by atoms with Crippen LogP contribution in [0, 0.1) is 17.3 Å². The van der Waals surface area contributed by atoms with E-state index in [9.17, 15) is 0 Å². The number of nitrogens with one attached hydrogen (secondary N) is 1. The van der Waals surface area contributed by atoms with E-state index in [1.807, 2.05) is 0 Å². The lowest BCUT2D eigenvalue weighted by Gasteiger charge is -2.41. The molecule has 1 N–H and O–H groups in total. The van der Waals surface area contributed by atoms with Crippen LogP contribution in [0.4, 0.5) is 0 Å². The second kappa shape index (κ2) is 7.79. The van der Waals surface area contributed by atoms with E-state index >= 15 is 0 Å². The number of rotatable bonds is 5. The van der Waals surface area contributed by atoms with E-state index in [-0.39, 0.29) is 0 Å². The summed E-state index contributed by atoms with van der Waals surface area (Å²) in [6.07, 6.45) is 11.5. The van der Waals surface area contributed by atoms with Crippen LogP contribution in [-0.4, -0.2) is 38.1 Å². The number of nitrogens with zero attached hydrogens (tertiary/aromatic N) is 1. The molecule has 0 aromatic heterocycles. The lowest BCUT2D eigenvalue weighted by atomic mass is 9.78. The molecule has 20 heavy (non-hydrogen) atoms. The number of piperidine rings is 1. The van der Waals surface area contributed by atoms with Gasteiger partial charge in [0.2, 0.25) is 0 Å². The van der Waals surface area contributed by atoms with Crippen LogP contribution in [0.1, 0.15) is 65.2 Å². The van der Waals surface area contributed by atoms with Crippen LogP contribution in [-0.2, 0) is 0 Å². The zero-order chi connectivity index (χ0) is 14.4. The molecule has 0 spiro atoms. The van der Waals surface area contributed by atoms with Gasteiger partial charge in [0.05, 0.1) is 0 Å². The Morgan fingerprint density at radius 2 is 1.65 bits per heavy atom. The molecule has 1 aliphatic heterocycles. The summed E-state index contributed by atoms with van der Waals surface area (Å²) < 4.78 is 0. The standard InChI is InChI=1S/C18H36N2/c1-16(2)17-8-12-20(13-9-17)15-18(14-19-3)10-6-4-5-7-11-18/h16-17,19H,4-15H2,1-3H3. The molecule has 1 heterocycles. The van der Waals surface area contributed by atoms with Crippen molar-refractivity contribution in [2.45, 2.75) is 65.2 Å². The normalized spacial score (nSPS) is 25.8. The van der Waals surface area contributed by atoms with E-state index in [2.05, 4.69) is 31.1 Å². The lowest BCUT2D eigenvalue weighted by Crippen LogP contribution is -2.46. The molecule has 0 amide bonds. The fourth-order valence-corrected chi connectivity index (χ4v) is 4.50. The third-order valence-electron chi connectivity index (χ3n) is 5.85. The van der Waals surface area contributed by atoms with Crippen molar-refractivity contribution in [1.82, 2.24) is 10.2 Å². The third kappa shape index (κ3) is 4.46. The SMILES string of the molecule is CNCC1(CN2CCC(C(C)C)CC2)CCCCCC1. The minimum Gasteiger partial charge on any atom is -0.319 e. The summed E-state index contributed by atoms with van der Waals surface area (Å²) in [7, 11) is 2.14. The molecule has 1 aliphatic carbocycles. The fraction of sp³-hybridized carbons (Fsp3) is 1.00. The molecule has 2 heteroatoms. The molecule has 0 aromatic rings. The first-order chi connectivity index (χ1) is 9.65. The Balaban J connectivity index is 1.88. The Bertz CT molecular complexity index is 259. The van der Waals surface area contributed by atoms with Crippen LogP contribution in [0.3, 0.4) is 0 Å². The molecule has 0 atom stereocenters. The molecule has 118 valence electrons. The summed E-state index contributed by atoms with van der Waals surface area (Å²) >= 11 is 0. The van der Waals surface area contributed by atoms with E-state index < -0.39 is 0 Å². The van der Waals surface area contributed by atoms with Gasteiger partial charge >= 0.3 is 0 Å². The molecule has 2 fully saturated rings. The zero-order valence-corrected chi connectivity index (χ0v) is 14.1. The fourth-order valence-electron chi connectivity index (χ4n) is 4.50. The van der Waals surface area contributed by atoms with Crippen molar-refractivity contribution in [3.05, 3.63) is 0 Å². The first-order valence-corrected chi connectivity index (χ1v) is 9.02. The summed E-state index contributed by atoms with van der Waals surface area (Å²) in [6.45, 7) is 10.0. The molecule has 0 unspecified atom stereocenters. The number of hydrogen-bond acceptors (Lipinski definition) is 2. The van der Waals surface area contributed by atoms with Gasteiger partial charge in [0, 0.05) is 13.1 Å². The van der Waals surface area contributed by atoms with Crippen molar-refractivity contribution >= 4 is 0 Å². The van der Waals surface area contributed by atoms with Gasteiger partial charge < -0.3 is 10.2 Å². The van der Waals surface area contributed by atoms with Gasteiger partial charge in [0.25, 0.3) is 0 Å². The molecular formula is C18H36N2. The molecule has 0 bridgehead atoms. The maximum Gasteiger partial charge on any atom is 0.00501 e. The largest absolute Gasteiger partial charge is 0.319 e. The maximum absolute atomic E-state index is 3.50. The van der Waals surface area contributed by atoms with Crippen molar-refractivity contribution < 1.29 is 0 Å². The van der Waals surface area contributed by atoms with Crippen LogP contribution in [0.25, 0.3) is 0 Å². The summed E-state index contributed by atoms with van der Waals surface area (Å²) in [6, 6.07) is 0. The van der Waals surface area contributed by atoms with Gasteiger partial charge in [0.1, 0.15) is 0 Å². The van der Waals surface area contributed by atoms with E-state index in [1.165, 1.54) is 77.5 Å². The van der Waals surface area contributed by atoms with Crippen molar-refractivity contribution in [3.8, 4) is 0 Å². The van der Waals surface area contributed by atoms with Gasteiger partial charge in [-0.05, 0) is 63.1 Å². The van der Waals surface area contributed by atoms with E-state index in [4.69, 9.17) is 0 Å². The van der Waals surface area contributed by atoms with Gasteiger partial charge in [0.15, 0.2) is 0 Å². The first-order valence-electron chi connectivity index (χ1n) is 9.02. The van der Waals surface area contributed by atoms with Crippen LogP contribution in [0.5, 0.6) is 0 Å². The molecule has 0 radical (unpaired) electrons. The molecule has 2 rings (SSSR count). The Morgan fingerprint density at radius 1 is 1.05 bits per heavy atom. The zero-order valence-electron chi connectivity index (χ0n) is 14.1. The average Bonchev–Trinajstić information content (AvgIpc) is 2.66. The smallest absolute Gasteiger partial charge is 0.00501 e. The summed E-state index contributed by atoms with van der Waals surface area (Å²) in [5.74, 6) is 1.85. The Morgan fingerprint density at radius 3 is 2.15 bits per heavy atom. The molecular weight excluding hydrogens is 244 g/mol. The molecule has 1 saturated heterocycles. The first kappa shape index (κ1) is 16.3. The van der Waals surface area contributed by atoms with Gasteiger partial charge in [-0.1, -0.05) is 39.5 Å². The van der Waals surface area contributed by atoms with Crippen LogP contribution in [0.15, 0.2) is 0 Å². The maximum atomic E-state index is 3.50. The van der Waals surface area contributed by atoms with E-state index in [0.717, 1.165) is 11.8 Å². The minimum absolute atomic E-state index is 0.565. The van der Waals surface area contributed by atoms with Crippen LogP contribution < -0.4 is 5.32 Å². The summed E-state index contributed by atoms with van der Waals surface area (Å²) in [5, 5.41) is 3.50. The second-order valence-corrected chi connectivity index (χ2v) is 7.80. The minimum atomic E-state index is 0.565. The highest BCUT2D eigenvalue weighted by Gasteiger charge is 2.33. The Hall–Kier alpha value is -0.0800. The molecule has 0 aromatic carbocycles. The van der Waals surface area contributed by atoms with Gasteiger partial charge in [-0.25, -0.2) is 0 Å².